The highest BCUT2D eigenvalue weighted by Crippen LogP contribution is 2.33. The van der Waals surface area contributed by atoms with Gasteiger partial charge in [0, 0.05) is 17.1 Å². The summed E-state index contributed by atoms with van der Waals surface area (Å²) in [6.45, 7) is 0.666. The lowest BCUT2D eigenvalue weighted by molar-refractivity contribution is 0.138. The van der Waals surface area contributed by atoms with E-state index in [0.29, 0.717) is 22.2 Å². The average Bonchev–Trinajstić information content (AvgIpc) is 2.95. The molecule has 3 aromatic rings. The van der Waals surface area contributed by atoms with Gasteiger partial charge in [-0.1, -0.05) is 18.2 Å². The van der Waals surface area contributed by atoms with Gasteiger partial charge in [0.25, 0.3) is 10.0 Å². The largest absolute Gasteiger partial charge is 0.491 e. The van der Waals surface area contributed by atoms with E-state index in [9.17, 15) is 18.3 Å². The van der Waals surface area contributed by atoms with Crippen LogP contribution < -0.4 is 4.74 Å². The minimum absolute atomic E-state index is 0.150. The van der Waals surface area contributed by atoms with Gasteiger partial charge < -0.3 is 14.7 Å². The van der Waals surface area contributed by atoms with E-state index in [0.717, 1.165) is 0 Å². The van der Waals surface area contributed by atoms with E-state index in [1.54, 1.807) is 48.5 Å². The van der Waals surface area contributed by atoms with Crippen molar-refractivity contribution >= 4 is 27.0 Å². The minimum atomic E-state index is -3.74. The van der Waals surface area contributed by atoms with Crippen molar-refractivity contribution in [2.24, 2.45) is 0 Å². The molecule has 0 saturated heterocycles. The molecule has 7 nitrogen and oxygen atoms in total. The van der Waals surface area contributed by atoms with Gasteiger partial charge in [0.2, 0.25) is 0 Å². The molecule has 1 N–H and O–H groups in total. The molecule has 1 aliphatic rings. The SMILES string of the molecule is O=C(O)N1CCOc2ccc3c(ccn3S(=O)(=O)c3ccccc3)c2C1. The van der Waals surface area contributed by atoms with Crippen LogP contribution in [-0.4, -0.2) is 41.6 Å². The molecule has 134 valence electrons. The van der Waals surface area contributed by atoms with Crippen LogP contribution in [0.2, 0.25) is 0 Å². The zero-order valence-electron chi connectivity index (χ0n) is 13.7. The monoisotopic (exact) mass is 372 g/mol. The van der Waals surface area contributed by atoms with Crippen molar-refractivity contribution in [3.8, 4) is 5.75 Å². The van der Waals surface area contributed by atoms with Gasteiger partial charge in [0.15, 0.2) is 0 Å². The van der Waals surface area contributed by atoms with Gasteiger partial charge in [-0.3, -0.25) is 0 Å². The van der Waals surface area contributed by atoms with Crippen LogP contribution >= 0.6 is 0 Å². The fraction of sp³-hybridized carbons (Fsp3) is 0.167. The third kappa shape index (κ3) is 2.59. The molecule has 4 rings (SSSR count). The number of fused-ring (bicyclic) bond motifs is 3. The number of aromatic nitrogens is 1. The quantitative estimate of drug-likeness (QED) is 0.747. The Kier molecular flexibility index (Phi) is 3.84. The molecule has 8 heteroatoms. The van der Waals surface area contributed by atoms with Crippen LogP contribution in [-0.2, 0) is 16.6 Å². The van der Waals surface area contributed by atoms with Crippen molar-refractivity contribution in [1.82, 2.24) is 8.87 Å². The molecule has 0 atom stereocenters. The summed E-state index contributed by atoms with van der Waals surface area (Å²) < 4.78 is 32.8. The van der Waals surface area contributed by atoms with E-state index in [-0.39, 0.29) is 24.6 Å². The van der Waals surface area contributed by atoms with E-state index >= 15 is 0 Å². The molecule has 1 aromatic heterocycles. The Bertz CT molecular complexity index is 1090. The standard InChI is InChI=1S/C18H16N2O5S/c21-18(22)19-10-11-25-17-7-6-16-14(15(17)12-19)8-9-20(16)26(23,24)13-4-2-1-3-5-13/h1-9H,10-12H2,(H,21,22). The number of carbonyl (C=O) groups is 1. The molecule has 0 radical (unpaired) electrons. The fourth-order valence-corrected chi connectivity index (χ4v) is 4.51. The van der Waals surface area contributed by atoms with E-state index < -0.39 is 16.1 Å². The third-order valence-electron chi connectivity index (χ3n) is 4.44. The van der Waals surface area contributed by atoms with Gasteiger partial charge in [-0.25, -0.2) is 17.2 Å². The predicted molar refractivity (Wildman–Crippen MR) is 94.9 cm³/mol. The van der Waals surface area contributed by atoms with Gasteiger partial charge >= 0.3 is 6.09 Å². The smallest absolute Gasteiger partial charge is 0.407 e. The zero-order valence-corrected chi connectivity index (χ0v) is 14.5. The lowest BCUT2D eigenvalue weighted by Crippen LogP contribution is -2.30. The highest BCUT2D eigenvalue weighted by atomic mass is 32.2. The molecular weight excluding hydrogens is 356 g/mol. The van der Waals surface area contributed by atoms with Crippen LogP contribution in [0.3, 0.4) is 0 Å². The first-order valence-corrected chi connectivity index (χ1v) is 9.47. The maximum atomic E-state index is 12.9. The molecular formula is C18H16N2O5S. The minimum Gasteiger partial charge on any atom is -0.491 e. The van der Waals surface area contributed by atoms with Crippen LogP contribution in [0.5, 0.6) is 5.75 Å². The summed E-state index contributed by atoms with van der Waals surface area (Å²) in [5.41, 5.74) is 1.16. The highest BCUT2D eigenvalue weighted by molar-refractivity contribution is 7.90. The van der Waals surface area contributed by atoms with Crippen LogP contribution in [0.25, 0.3) is 10.9 Å². The summed E-state index contributed by atoms with van der Waals surface area (Å²) >= 11 is 0. The lowest BCUT2D eigenvalue weighted by Gasteiger charge is -2.15. The van der Waals surface area contributed by atoms with Crippen LogP contribution in [0.15, 0.2) is 59.6 Å². The first kappa shape index (κ1) is 16.5. The van der Waals surface area contributed by atoms with E-state index in [1.807, 2.05) is 0 Å². The van der Waals surface area contributed by atoms with Crippen molar-refractivity contribution in [3.05, 3.63) is 60.3 Å². The second-order valence-electron chi connectivity index (χ2n) is 5.96. The van der Waals surface area contributed by atoms with Crippen LogP contribution in [0.1, 0.15) is 5.56 Å². The van der Waals surface area contributed by atoms with Crippen molar-refractivity contribution in [1.29, 1.82) is 0 Å². The summed E-state index contributed by atoms with van der Waals surface area (Å²) in [7, 11) is -3.74. The molecule has 0 spiro atoms. The molecule has 0 fully saturated rings. The summed E-state index contributed by atoms with van der Waals surface area (Å²) in [6.07, 6.45) is 0.457. The Hall–Kier alpha value is -3.00. The van der Waals surface area contributed by atoms with E-state index in [4.69, 9.17) is 4.74 Å². The Labute approximate surface area is 150 Å². The Morgan fingerprint density at radius 2 is 1.85 bits per heavy atom. The molecule has 0 bridgehead atoms. The van der Waals surface area contributed by atoms with Gasteiger partial charge in [0.1, 0.15) is 12.4 Å². The number of amides is 1. The number of carboxylic acid groups (broad SMARTS) is 1. The maximum Gasteiger partial charge on any atom is 0.407 e. The van der Waals surface area contributed by atoms with Crippen molar-refractivity contribution in [2.45, 2.75) is 11.4 Å². The molecule has 0 saturated carbocycles. The number of hydrogen-bond donors (Lipinski definition) is 1. The second-order valence-corrected chi connectivity index (χ2v) is 7.77. The molecule has 0 aliphatic carbocycles. The summed E-state index contributed by atoms with van der Waals surface area (Å²) in [5, 5.41) is 9.98. The fourth-order valence-electron chi connectivity index (χ4n) is 3.15. The molecule has 1 aliphatic heterocycles. The predicted octanol–water partition coefficient (Wildman–Crippen LogP) is 2.75. The summed E-state index contributed by atoms with van der Waals surface area (Å²) in [6, 6.07) is 13.2. The van der Waals surface area contributed by atoms with E-state index in [2.05, 4.69) is 0 Å². The number of hydrogen-bond acceptors (Lipinski definition) is 4. The normalized spacial score (nSPS) is 14.5. The van der Waals surface area contributed by atoms with Gasteiger partial charge in [0.05, 0.1) is 23.5 Å². The Morgan fingerprint density at radius 1 is 1.08 bits per heavy atom. The van der Waals surface area contributed by atoms with Gasteiger partial charge in [-0.05, 0) is 30.3 Å². The maximum absolute atomic E-state index is 12.9. The summed E-state index contributed by atoms with van der Waals surface area (Å²) in [4.78, 5) is 12.8. The number of nitrogens with zero attached hydrogens (tertiary/aromatic N) is 2. The Morgan fingerprint density at radius 3 is 2.58 bits per heavy atom. The summed E-state index contributed by atoms with van der Waals surface area (Å²) in [5.74, 6) is 0.580. The first-order chi connectivity index (χ1) is 12.5. The van der Waals surface area contributed by atoms with Gasteiger partial charge in [-0.2, -0.15) is 0 Å². The molecule has 2 heterocycles. The molecule has 0 unspecified atom stereocenters. The first-order valence-electron chi connectivity index (χ1n) is 8.03. The molecule has 2 aromatic carbocycles. The van der Waals surface area contributed by atoms with Crippen molar-refractivity contribution in [2.75, 3.05) is 13.2 Å². The topological polar surface area (TPSA) is 88.8 Å². The number of ether oxygens (including phenoxy) is 1. The zero-order chi connectivity index (χ0) is 18.3. The van der Waals surface area contributed by atoms with Crippen LogP contribution in [0.4, 0.5) is 4.79 Å². The number of rotatable bonds is 2. The second kappa shape index (κ2) is 6.06. The van der Waals surface area contributed by atoms with Crippen LogP contribution in [0, 0.1) is 0 Å². The van der Waals surface area contributed by atoms with Crippen molar-refractivity contribution < 1.29 is 23.1 Å². The average molecular weight is 372 g/mol. The van der Waals surface area contributed by atoms with Gasteiger partial charge in [-0.15, -0.1) is 0 Å². The van der Waals surface area contributed by atoms with Crippen molar-refractivity contribution in [3.63, 3.8) is 0 Å². The highest BCUT2D eigenvalue weighted by Gasteiger charge is 2.24. The number of benzene rings is 2. The molecule has 1 amide bonds. The van der Waals surface area contributed by atoms with E-state index in [1.165, 1.54) is 15.1 Å². The lowest BCUT2D eigenvalue weighted by atomic mass is 10.1. The third-order valence-corrected chi connectivity index (χ3v) is 6.15. The Balaban J connectivity index is 1.88. The molecule has 26 heavy (non-hydrogen) atoms.